The summed E-state index contributed by atoms with van der Waals surface area (Å²) in [5.41, 5.74) is 7.08. The normalized spacial score (nSPS) is 13.4. The molecule has 1 aromatic carbocycles. The summed E-state index contributed by atoms with van der Waals surface area (Å²) >= 11 is 1.71. The predicted octanol–water partition coefficient (Wildman–Crippen LogP) is 2.59. The van der Waals surface area contributed by atoms with Crippen LogP contribution < -0.4 is 5.73 Å². The third-order valence-electron chi connectivity index (χ3n) is 2.42. The van der Waals surface area contributed by atoms with Gasteiger partial charge in [0.1, 0.15) is 0 Å². The van der Waals surface area contributed by atoms with Gasteiger partial charge in [0.25, 0.3) is 0 Å². The zero-order valence-corrected chi connectivity index (χ0v) is 11.0. The molecule has 2 N–H and O–H groups in total. The molecule has 0 saturated carbocycles. The molecule has 2 rings (SSSR count). The maximum absolute atomic E-state index is 6.02. The van der Waals surface area contributed by atoms with Gasteiger partial charge >= 0.3 is 0 Å². The lowest BCUT2D eigenvalue weighted by Crippen LogP contribution is -2.29. The van der Waals surface area contributed by atoms with E-state index in [2.05, 4.69) is 11.1 Å². The van der Waals surface area contributed by atoms with Gasteiger partial charge in [0, 0.05) is 12.5 Å². The molecule has 4 heteroatoms. The Morgan fingerprint density at radius 2 is 2.12 bits per heavy atom. The van der Waals surface area contributed by atoms with Gasteiger partial charge in [-0.25, -0.2) is 4.98 Å². The van der Waals surface area contributed by atoms with Gasteiger partial charge in [-0.3, -0.25) is 0 Å². The van der Waals surface area contributed by atoms with Gasteiger partial charge in [-0.05, 0) is 26.0 Å². The molecular formula is C13H18N2OS. The van der Waals surface area contributed by atoms with Gasteiger partial charge in [-0.1, -0.05) is 12.1 Å². The smallest absolute Gasteiger partial charge is 0.0954 e. The Hall–Kier alpha value is -0.970. The maximum atomic E-state index is 6.02. The summed E-state index contributed by atoms with van der Waals surface area (Å²) in [5.74, 6) is 0. The highest BCUT2D eigenvalue weighted by Gasteiger charge is 2.09. The van der Waals surface area contributed by atoms with Crippen molar-refractivity contribution in [2.75, 3.05) is 6.61 Å². The summed E-state index contributed by atoms with van der Waals surface area (Å²) in [6.07, 6.45) is 1.02. The van der Waals surface area contributed by atoms with Crippen LogP contribution in [-0.2, 0) is 11.2 Å². The number of fused-ring (bicyclic) bond motifs is 1. The minimum Gasteiger partial charge on any atom is -0.377 e. The van der Waals surface area contributed by atoms with Gasteiger partial charge < -0.3 is 10.5 Å². The number of ether oxygens (including phenoxy) is 1. The van der Waals surface area contributed by atoms with Crippen molar-refractivity contribution in [2.45, 2.75) is 32.4 Å². The van der Waals surface area contributed by atoms with E-state index in [-0.39, 0.29) is 12.1 Å². The molecule has 0 bridgehead atoms. The number of benzene rings is 1. The molecule has 3 nitrogen and oxygen atoms in total. The van der Waals surface area contributed by atoms with Crippen LogP contribution in [0.5, 0.6) is 0 Å². The predicted molar refractivity (Wildman–Crippen MR) is 72.4 cm³/mol. The summed E-state index contributed by atoms with van der Waals surface area (Å²) in [6, 6.07) is 8.19. The minimum atomic E-state index is 0.0259. The van der Waals surface area contributed by atoms with E-state index in [0.29, 0.717) is 6.61 Å². The maximum Gasteiger partial charge on any atom is 0.0954 e. The first kappa shape index (κ1) is 12.5. The monoisotopic (exact) mass is 250 g/mol. The summed E-state index contributed by atoms with van der Waals surface area (Å²) < 4.78 is 6.72. The Morgan fingerprint density at radius 3 is 2.82 bits per heavy atom. The van der Waals surface area contributed by atoms with Crippen LogP contribution in [0.4, 0.5) is 0 Å². The van der Waals surface area contributed by atoms with Crippen LogP contribution in [0.15, 0.2) is 24.3 Å². The first-order chi connectivity index (χ1) is 8.15. The van der Waals surface area contributed by atoms with E-state index >= 15 is 0 Å². The lowest BCUT2D eigenvalue weighted by Gasteiger charge is -2.12. The number of nitrogens with two attached hydrogens (primary N) is 1. The zero-order valence-electron chi connectivity index (χ0n) is 10.2. The second-order valence-corrected chi connectivity index (χ2v) is 5.54. The van der Waals surface area contributed by atoms with E-state index in [0.717, 1.165) is 16.9 Å². The van der Waals surface area contributed by atoms with Crippen LogP contribution in [0.1, 0.15) is 18.9 Å². The number of thiazole rings is 1. The topological polar surface area (TPSA) is 48.1 Å². The summed E-state index contributed by atoms with van der Waals surface area (Å²) in [4.78, 5) is 4.56. The fraction of sp³-hybridized carbons (Fsp3) is 0.462. The molecule has 0 spiro atoms. The zero-order chi connectivity index (χ0) is 12.3. The fourth-order valence-corrected chi connectivity index (χ4v) is 2.67. The molecule has 0 amide bonds. The first-order valence-corrected chi connectivity index (χ1v) is 6.68. The van der Waals surface area contributed by atoms with Gasteiger partial charge in [-0.2, -0.15) is 0 Å². The lowest BCUT2D eigenvalue weighted by molar-refractivity contribution is 0.0684. The molecule has 0 radical (unpaired) electrons. The highest BCUT2D eigenvalue weighted by atomic mass is 32.1. The number of hydrogen-bond acceptors (Lipinski definition) is 4. The molecule has 0 fully saturated rings. The van der Waals surface area contributed by atoms with Gasteiger partial charge in [-0.15, -0.1) is 11.3 Å². The van der Waals surface area contributed by atoms with E-state index in [9.17, 15) is 0 Å². The van der Waals surface area contributed by atoms with E-state index in [1.54, 1.807) is 11.3 Å². The molecule has 1 atom stereocenters. The minimum absolute atomic E-state index is 0.0259. The molecule has 2 aromatic rings. The van der Waals surface area contributed by atoms with Gasteiger partial charge in [0.05, 0.1) is 27.9 Å². The number of aromatic nitrogens is 1. The Kier molecular flexibility index (Phi) is 4.10. The molecule has 1 aromatic heterocycles. The van der Waals surface area contributed by atoms with Crippen molar-refractivity contribution < 1.29 is 4.74 Å². The van der Waals surface area contributed by atoms with Crippen molar-refractivity contribution in [3.63, 3.8) is 0 Å². The largest absolute Gasteiger partial charge is 0.377 e. The SMILES string of the molecule is CC(C)OCC(N)Cc1nc2ccccc2s1. The van der Waals surface area contributed by atoms with Gasteiger partial charge in [0.15, 0.2) is 0 Å². The molecule has 0 saturated heterocycles. The molecule has 1 unspecified atom stereocenters. The molecular weight excluding hydrogens is 232 g/mol. The standard InChI is InChI=1S/C13H18N2OS/c1-9(2)16-8-10(14)7-13-15-11-5-3-4-6-12(11)17-13/h3-6,9-10H,7-8,14H2,1-2H3. The quantitative estimate of drug-likeness (QED) is 0.887. The summed E-state index contributed by atoms with van der Waals surface area (Å²) in [7, 11) is 0. The number of hydrogen-bond donors (Lipinski definition) is 1. The highest BCUT2D eigenvalue weighted by Crippen LogP contribution is 2.22. The van der Waals surface area contributed by atoms with E-state index < -0.39 is 0 Å². The lowest BCUT2D eigenvalue weighted by atomic mass is 10.2. The summed E-state index contributed by atoms with van der Waals surface area (Å²) in [5, 5.41) is 1.09. The van der Waals surface area contributed by atoms with Gasteiger partial charge in [0.2, 0.25) is 0 Å². The number of rotatable bonds is 5. The summed E-state index contributed by atoms with van der Waals surface area (Å²) in [6.45, 7) is 4.63. The van der Waals surface area contributed by atoms with Crippen LogP contribution in [0.25, 0.3) is 10.2 Å². The molecule has 0 aliphatic heterocycles. The van der Waals surface area contributed by atoms with Crippen molar-refractivity contribution >= 4 is 21.6 Å². The second-order valence-electron chi connectivity index (χ2n) is 4.42. The van der Waals surface area contributed by atoms with Crippen LogP contribution in [0.3, 0.4) is 0 Å². The first-order valence-electron chi connectivity index (χ1n) is 5.87. The van der Waals surface area contributed by atoms with Crippen LogP contribution in [0.2, 0.25) is 0 Å². The van der Waals surface area contributed by atoms with Crippen molar-refractivity contribution in [3.05, 3.63) is 29.3 Å². The van der Waals surface area contributed by atoms with E-state index in [4.69, 9.17) is 10.5 Å². The fourth-order valence-electron chi connectivity index (χ4n) is 1.61. The Labute approximate surface area is 106 Å². The molecule has 1 heterocycles. The Balaban J connectivity index is 1.98. The third kappa shape index (κ3) is 3.49. The average molecular weight is 250 g/mol. The highest BCUT2D eigenvalue weighted by molar-refractivity contribution is 7.18. The van der Waals surface area contributed by atoms with Crippen LogP contribution in [0, 0.1) is 0 Å². The van der Waals surface area contributed by atoms with Crippen LogP contribution in [-0.4, -0.2) is 23.7 Å². The Morgan fingerprint density at radius 1 is 1.35 bits per heavy atom. The average Bonchev–Trinajstić information content (AvgIpc) is 2.68. The molecule has 92 valence electrons. The Bertz CT molecular complexity index is 448. The molecule has 17 heavy (non-hydrogen) atoms. The van der Waals surface area contributed by atoms with Crippen molar-refractivity contribution in [3.8, 4) is 0 Å². The van der Waals surface area contributed by atoms with E-state index in [1.807, 2.05) is 32.0 Å². The van der Waals surface area contributed by atoms with Crippen molar-refractivity contribution in [1.82, 2.24) is 4.98 Å². The van der Waals surface area contributed by atoms with Crippen molar-refractivity contribution in [2.24, 2.45) is 5.73 Å². The second kappa shape index (κ2) is 5.58. The number of para-hydroxylation sites is 1. The van der Waals surface area contributed by atoms with Crippen LogP contribution >= 0.6 is 11.3 Å². The number of nitrogens with zero attached hydrogens (tertiary/aromatic N) is 1. The molecule has 0 aliphatic rings. The molecule has 0 aliphatic carbocycles. The van der Waals surface area contributed by atoms with E-state index in [1.165, 1.54) is 4.70 Å². The third-order valence-corrected chi connectivity index (χ3v) is 3.48. The van der Waals surface area contributed by atoms with Crippen molar-refractivity contribution in [1.29, 1.82) is 0 Å².